The average Bonchev–Trinajstić information content (AvgIpc) is 2.61. The maximum absolute atomic E-state index is 8.56. The van der Waals surface area contributed by atoms with Gasteiger partial charge in [0.05, 0.1) is 7.05 Å². The standard InChI is InChI=1S/C21H45N.CH3NO/c1-4-7-8-9-10-11-12-13-14-15-16-17-18-19-20-21(5-2)22-6-3;1-2-3/h21-22H,4-20H2,1-3H3;1H3. The van der Waals surface area contributed by atoms with Gasteiger partial charge < -0.3 is 5.32 Å². The summed E-state index contributed by atoms with van der Waals surface area (Å²) in [6.45, 7) is 7.94. The van der Waals surface area contributed by atoms with Crippen molar-refractivity contribution >= 4 is 0 Å². The van der Waals surface area contributed by atoms with Crippen LogP contribution in [0.1, 0.15) is 124 Å². The Hall–Kier alpha value is -0.440. The number of hydrogen-bond acceptors (Lipinski definition) is 3. The molecule has 1 atom stereocenters. The zero-order chi connectivity index (χ0) is 19.0. The lowest BCUT2D eigenvalue weighted by Gasteiger charge is -2.15. The summed E-state index contributed by atoms with van der Waals surface area (Å²) in [6, 6.07) is 0.766. The van der Waals surface area contributed by atoms with Crippen LogP contribution in [0.3, 0.4) is 0 Å². The van der Waals surface area contributed by atoms with Crippen LogP contribution in [0.2, 0.25) is 0 Å². The summed E-state index contributed by atoms with van der Waals surface area (Å²) >= 11 is 0. The van der Waals surface area contributed by atoms with Crippen molar-refractivity contribution in [2.45, 2.75) is 130 Å². The Morgan fingerprint density at radius 1 is 0.680 bits per heavy atom. The number of rotatable bonds is 18. The highest BCUT2D eigenvalue weighted by atomic mass is 16.2. The second-order valence-electron chi connectivity index (χ2n) is 7.23. The molecule has 3 heteroatoms. The third kappa shape index (κ3) is 25.9. The lowest BCUT2D eigenvalue weighted by atomic mass is 10.0. The molecular weight excluding hydrogens is 308 g/mol. The maximum atomic E-state index is 8.56. The molecule has 0 bridgehead atoms. The Balaban J connectivity index is 0. The van der Waals surface area contributed by atoms with E-state index in [1.165, 1.54) is 110 Å². The molecule has 0 saturated heterocycles. The summed E-state index contributed by atoms with van der Waals surface area (Å²) in [5.74, 6) is 0. The Bertz CT molecular complexity index is 234. The van der Waals surface area contributed by atoms with Crippen molar-refractivity contribution in [3.8, 4) is 0 Å². The first kappa shape index (κ1) is 26.8. The lowest BCUT2D eigenvalue weighted by Crippen LogP contribution is -2.27. The molecule has 0 aliphatic rings. The van der Waals surface area contributed by atoms with Gasteiger partial charge in [0.1, 0.15) is 0 Å². The minimum atomic E-state index is 0.766. The van der Waals surface area contributed by atoms with Crippen molar-refractivity contribution in [3.63, 3.8) is 0 Å². The first-order valence-corrected chi connectivity index (χ1v) is 11.2. The molecule has 0 amide bonds. The van der Waals surface area contributed by atoms with Crippen LogP contribution in [-0.4, -0.2) is 19.6 Å². The van der Waals surface area contributed by atoms with Gasteiger partial charge in [0.25, 0.3) is 0 Å². The second-order valence-corrected chi connectivity index (χ2v) is 7.23. The molecule has 1 N–H and O–H groups in total. The molecule has 3 nitrogen and oxygen atoms in total. The molecule has 0 spiro atoms. The molecular formula is C22H48N2O. The summed E-state index contributed by atoms with van der Waals surface area (Å²) < 4.78 is 0. The minimum absolute atomic E-state index is 0.766. The fraction of sp³-hybridized carbons (Fsp3) is 1.00. The first-order chi connectivity index (χ1) is 12.3. The van der Waals surface area contributed by atoms with E-state index in [1.807, 2.05) is 0 Å². The molecule has 1 unspecified atom stereocenters. The topological polar surface area (TPSA) is 41.5 Å². The SMILES string of the molecule is CCCCCCCCCCCCCCCCC(CC)NCC.CN=O. The van der Waals surface area contributed by atoms with E-state index in [2.05, 4.69) is 31.3 Å². The number of unbranched alkanes of at least 4 members (excludes halogenated alkanes) is 13. The van der Waals surface area contributed by atoms with Crippen LogP contribution in [-0.2, 0) is 0 Å². The Morgan fingerprint density at radius 2 is 1.04 bits per heavy atom. The minimum Gasteiger partial charge on any atom is -0.314 e. The highest BCUT2D eigenvalue weighted by Crippen LogP contribution is 2.14. The predicted octanol–water partition coefficient (Wildman–Crippen LogP) is 7.63. The molecule has 25 heavy (non-hydrogen) atoms. The third-order valence-corrected chi connectivity index (χ3v) is 4.89. The summed E-state index contributed by atoms with van der Waals surface area (Å²) in [6.07, 6.45) is 23.1. The van der Waals surface area contributed by atoms with Crippen molar-refractivity contribution < 1.29 is 0 Å². The Kier molecular flexibility index (Phi) is 27.6. The van der Waals surface area contributed by atoms with Gasteiger partial charge in [0.15, 0.2) is 0 Å². The summed E-state index contributed by atoms with van der Waals surface area (Å²) in [4.78, 5) is 8.56. The van der Waals surface area contributed by atoms with E-state index in [9.17, 15) is 0 Å². The molecule has 0 saturated carbocycles. The predicted molar refractivity (Wildman–Crippen MR) is 114 cm³/mol. The van der Waals surface area contributed by atoms with E-state index in [1.54, 1.807) is 0 Å². The van der Waals surface area contributed by atoms with Gasteiger partial charge in [0, 0.05) is 6.04 Å². The largest absolute Gasteiger partial charge is 0.314 e. The van der Waals surface area contributed by atoms with Crippen LogP contribution < -0.4 is 5.32 Å². The number of nitroso groups, excluding NO2 is 1. The van der Waals surface area contributed by atoms with Gasteiger partial charge in [-0.3, -0.25) is 0 Å². The van der Waals surface area contributed by atoms with Crippen LogP contribution >= 0.6 is 0 Å². The van der Waals surface area contributed by atoms with Crippen LogP contribution in [0.4, 0.5) is 0 Å². The highest BCUT2D eigenvalue weighted by Gasteiger charge is 2.03. The Labute approximate surface area is 159 Å². The van der Waals surface area contributed by atoms with E-state index >= 15 is 0 Å². The summed E-state index contributed by atoms with van der Waals surface area (Å²) in [7, 11) is 1.19. The lowest BCUT2D eigenvalue weighted by molar-refractivity contribution is 0.450. The molecule has 0 aromatic heterocycles. The zero-order valence-electron chi connectivity index (χ0n) is 18.0. The quantitative estimate of drug-likeness (QED) is 0.202. The molecule has 0 aliphatic heterocycles. The molecule has 0 radical (unpaired) electrons. The zero-order valence-corrected chi connectivity index (χ0v) is 18.0. The molecule has 0 aliphatic carbocycles. The average molecular weight is 357 g/mol. The van der Waals surface area contributed by atoms with Crippen molar-refractivity contribution in [1.82, 2.24) is 5.32 Å². The van der Waals surface area contributed by atoms with Gasteiger partial charge in [-0.05, 0) is 19.4 Å². The fourth-order valence-electron chi connectivity index (χ4n) is 3.32. The summed E-state index contributed by atoms with van der Waals surface area (Å²) in [5.41, 5.74) is 0. The molecule has 0 fully saturated rings. The second kappa shape index (κ2) is 25.8. The number of nitrogens with zero attached hydrogens (tertiary/aromatic N) is 1. The monoisotopic (exact) mass is 356 g/mol. The number of hydrogen-bond donors (Lipinski definition) is 1. The summed E-state index contributed by atoms with van der Waals surface area (Å²) in [5, 5.41) is 5.83. The van der Waals surface area contributed by atoms with Crippen molar-refractivity contribution in [1.29, 1.82) is 0 Å². The fourth-order valence-corrected chi connectivity index (χ4v) is 3.32. The van der Waals surface area contributed by atoms with Crippen LogP contribution in [0.25, 0.3) is 0 Å². The third-order valence-electron chi connectivity index (χ3n) is 4.89. The molecule has 0 aromatic carbocycles. The van der Waals surface area contributed by atoms with Crippen LogP contribution in [0, 0.1) is 4.91 Å². The van der Waals surface area contributed by atoms with E-state index in [0.717, 1.165) is 12.6 Å². The van der Waals surface area contributed by atoms with Crippen molar-refractivity contribution in [2.24, 2.45) is 5.18 Å². The van der Waals surface area contributed by atoms with Gasteiger partial charge in [-0.1, -0.05) is 116 Å². The molecule has 0 rings (SSSR count). The number of nitrogens with one attached hydrogen (secondary N) is 1. The van der Waals surface area contributed by atoms with Gasteiger partial charge in [0.2, 0.25) is 0 Å². The van der Waals surface area contributed by atoms with Gasteiger partial charge in [-0.2, -0.15) is 4.91 Å². The highest BCUT2D eigenvalue weighted by molar-refractivity contribution is 4.63. The van der Waals surface area contributed by atoms with E-state index < -0.39 is 0 Å². The van der Waals surface area contributed by atoms with Gasteiger partial charge in [-0.15, -0.1) is 0 Å². The molecule has 0 heterocycles. The maximum Gasteiger partial charge on any atom is 0.0700 e. The molecule has 152 valence electrons. The van der Waals surface area contributed by atoms with Crippen LogP contribution in [0.5, 0.6) is 0 Å². The smallest absolute Gasteiger partial charge is 0.0700 e. The van der Waals surface area contributed by atoms with Gasteiger partial charge in [-0.25, -0.2) is 0 Å². The van der Waals surface area contributed by atoms with Gasteiger partial charge >= 0.3 is 0 Å². The van der Waals surface area contributed by atoms with E-state index in [0.29, 0.717) is 0 Å². The van der Waals surface area contributed by atoms with Crippen LogP contribution in [0.15, 0.2) is 5.18 Å². The Morgan fingerprint density at radius 3 is 1.36 bits per heavy atom. The normalized spacial score (nSPS) is 11.7. The van der Waals surface area contributed by atoms with Crippen molar-refractivity contribution in [3.05, 3.63) is 4.91 Å². The first-order valence-electron chi connectivity index (χ1n) is 11.2. The van der Waals surface area contributed by atoms with Crippen molar-refractivity contribution in [2.75, 3.05) is 13.6 Å². The molecule has 0 aromatic rings. The van der Waals surface area contributed by atoms with E-state index in [4.69, 9.17) is 4.91 Å². The van der Waals surface area contributed by atoms with E-state index in [-0.39, 0.29) is 0 Å².